The van der Waals surface area contributed by atoms with Gasteiger partial charge in [0.05, 0.1) is 5.69 Å². The molecule has 0 saturated heterocycles. The van der Waals surface area contributed by atoms with E-state index in [-0.39, 0.29) is 0 Å². The van der Waals surface area contributed by atoms with E-state index < -0.39 is 29.1 Å². The van der Waals surface area contributed by atoms with Crippen molar-refractivity contribution < 1.29 is 19.8 Å². The molecule has 0 aliphatic rings. The third-order valence-electron chi connectivity index (χ3n) is 3.89. The number of hydrogen-bond acceptors (Lipinski definition) is 3. The van der Waals surface area contributed by atoms with Crippen LogP contribution in [-0.4, -0.2) is 26.7 Å². The molecule has 1 heterocycles. The molecule has 120 valence electrons. The molecule has 2 rings (SSSR count). The number of nitrogens with zero attached hydrogens (tertiary/aromatic N) is 1. The maximum Gasteiger partial charge on any atom is 0.341 e. The predicted molar refractivity (Wildman–Crippen MR) is 84.9 cm³/mol. The molecule has 0 aliphatic carbocycles. The maximum atomic E-state index is 12.4. The van der Waals surface area contributed by atoms with Crippen LogP contribution in [0.4, 0.5) is 0 Å². The smallest absolute Gasteiger partial charge is 0.341 e. The van der Waals surface area contributed by atoms with E-state index in [1.165, 1.54) is 19.1 Å². The maximum absolute atomic E-state index is 12.4. The first kappa shape index (κ1) is 16.5. The molecule has 0 bridgehead atoms. The number of benzene rings is 1. The number of carboxylic acid groups (broad SMARTS) is 2. The predicted octanol–water partition coefficient (Wildman–Crippen LogP) is 2.48. The van der Waals surface area contributed by atoms with Gasteiger partial charge in [0, 0.05) is 0 Å². The van der Waals surface area contributed by atoms with Crippen LogP contribution in [0.5, 0.6) is 0 Å². The van der Waals surface area contributed by atoms with Gasteiger partial charge in [-0.3, -0.25) is 9.36 Å². The summed E-state index contributed by atoms with van der Waals surface area (Å²) in [5, 5.41) is 18.3. The summed E-state index contributed by atoms with van der Waals surface area (Å²) in [7, 11) is 0. The van der Waals surface area contributed by atoms with Gasteiger partial charge in [0.25, 0.3) is 5.56 Å². The van der Waals surface area contributed by atoms with E-state index in [1.54, 1.807) is 6.07 Å². The van der Waals surface area contributed by atoms with Gasteiger partial charge in [-0.1, -0.05) is 12.1 Å². The number of rotatable bonds is 4. The highest BCUT2D eigenvalue weighted by molar-refractivity contribution is 5.88. The minimum Gasteiger partial charge on any atom is -0.480 e. The number of carboxylic acids is 2. The fourth-order valence-corrected chi connectivity index (χ4v) is 2.35. The van der Waals surface area contributed by atoms with Gasteiger partial charge >= 0.3 is 11.9 Å². The second kappa shape index (κ2) is 6.08. The summed E-state index contributed by atoms with van der Waals surface area (Å²) in [5.41, 5.74) is 1.81. The van der Waals surface area contributed by atoms with Gasteiger partial charge in [-0.2, -0.15) is 0 Å². The van der Waals surface area contributed by atoms with Gasteiger partial charge in [-0.05, 0) is 55.7 Å². The highest BCUT2D eigenvalue weighted by atomic mass is 16.4. The van der Waals surface area contributed by atoms with Gasteiger partial charge in [-0.15, -0.1) is 0 Å². The Morgan fingerprint density at radius 2 is 1.70 bits per heavy atom. The summed E-state index contributed by atoms with van der Waals surface area (Å²) < 4.78 is 1.01. The van der Waals surface area contributed by atoms with Crippen molar-refractivity contribution in [1.82, 2.24) is 4.57 Å². The first-order chi connectivity index (χ1) is 10.7. The van der Waals surface area contributed by atoms with Gasteiger partial charge in [0.2, 0.25) is 0 Å². The van der Waals surface area contributed by atoms with Crippen LogP contribution < -0.4 is 5.56 Å². The fourth-order valence-electron chi connectivity index (χ4n) is 2.35. The SMILES string of the molecule is Cc1ccc(-c2ccc(C(=O)O)c(=O)n2C(C)C(=O)O)cc1C. The van der Waals surface area contributed by atoms with Crippen LogP contribution in [0.2, 0.25) is 0 Å². The number of aromatic carboxylic acids is 1. The normalized spacial score (nSPS) is 12.0. The molecule has 6 heteroatoms. The van der Waals surface area contributed by atoms with Crippen LogP contribution in [0.15, 0.2) is 35.1 Å². The van der Waals surface area contributed by atoms with Crippen LogP contribution >= 0.6 is 0 Å². The Labute approximate surface area is 132 Å². The molecular formula is C17H17NO5. The number of pyridine rings is 1. The quantitative estimate of drug-likeness (QED) is 0.903. The molecule has 1 atom stereocenters. The fraction of sp³-hybridized carbons (Fsp3) is 0.235. The Kier molecular flexibility index (Phi) is 4.36. The Morgan fingerprint density at radius 1 is 1.04 bits per heavy atom. The molecule has 1 aromatic carbocycles. The molecule has 0 fully saturated rings. The molecular weight excluding hydrogens is 298 g/mol. The molecule has 2 aromatic rings. The Hall–Kier alpha value is -2.89. The molecule has 2 N–H and O–H groups in total. The first-order valence-corrected chi connectivity index (χ1v) is 7.03. The topological polar surface area (TPSA) is 96.6 Å². The van der Waals surface area contributed by atoms with Gasteiger partial charge in [-0.25, -0.2) is 9.59 Å². The van der Waals surface area contributed by atoms with Gasteiger partial charge in [0.1, 0.15) is 11.6 Å². The second-order valence-electron chi connectivity index (χ2n) is 5.43. The Balaban J connectivity index is 2.80. The third-order valence-corrected chi connectivity index (χ3v) is 3.89. The van der Waals surface area contributed by atoms with Crippen molar-refractivity contribution in [1.29, 1.82) is 0 Å². The highest BCUT2D eigenvalue weighted by Crippen LogP contribution is 2.24. The second-order valence-corrected chi connectivity index (χ2v) is 5.43. The van der Waals surface area contributed by atoms with Crippen molar-refractivity contribution in [3.05, 3.63) is 57.4 Å². The number of aliphatic carboxylic acids is 1. The summed E-state index contributed by atoms with van der Waals surface area (Å²) in [6, 6.07) is 6.99. The zero-order valence-electron chi connectivity index (χ0n) is 13.0. The summed E-state index contributed by atoms with van der Waals surface area (Å²) >= 11 is 0. The van der Waals surface area contributed by atoms with Crippen molar-refractivity contribution in [2.24, 2.45) is 0 Å². The third kappa shape index (κ3) is 3.01. The zero-order valence-corrected chi connectivity index (χ0v) is 13.0. The van der Waals surface area contributed by atoms with Crippen LogP contribution in [0.3, 0.4) is 0 Å². The van der Waals surface area contributed by atoms with Crippen LogP contribution in [-0.2, 0) is 4.79 Å². The minimum atomic E-state index is -1.38. The standard InChI is InChI=1S/C17H17NO5/c1-9-4-5-12(8-10(9)2)14-7-6-13(17(22)23)15(19)18(14)11(3)16(20)21/h4-8,11H,1-3H3,(H,20,21)(H,22,23). The van der Waals surface area contributed by atoms with Gasteiger partial charge < -0.3 is 10.2 Å². The van der Waals surface area contributed by atoms with E-state index in [0.717, 1.165) is 15.7 Å². The lowest BCUT2D eigenvalue weighted by Crippen LogP contribution is -2.32. The van der Waals surface area contributed by atoms with E-state index in [2.05, 4.69) is 0 Å². The molecule has 1 aromatic heterocycles. The summed E-state index contributed by atoms with van der Waals surface area (Å²) in [6.45, 7) is 5.20. The van der Waals surface area contributed by atoms with Gasteiger partial charge in [0.15, 0.2) is 0 Å². The lowest BCUT2D eigenvalue weighted by atomic mass is 10.0. The average Bonchev–Trinajstić information content (AvgIpc) is 2.48. The Bertz CT molecular complexity index is 851. The minimum absolute atomic E-state index is 0.373. The monoisotopic (exact) mass is 315 g/mol. The summed E-state index contributed by atoms with van der Waals surface area (Å²) in [5.74, 6) is -2.59. The lowest BCUT2D eigenvalue weighted by molar-refractivity contribution is -0.140. The van der Waals surface area contributed by atoms with E-state index >= 15 is 0 Å². The molecule has 0 aliphatic heterocycles. The van der Waals surface area contributed by atoms with Crippen molar-refractivity contribution in [2.75, 3.05) is 0 Å². The molecule has 1 unspecified atom stereocenters. The first-order valence-electron chi connectivity index (χ1n) is 7.03. The van der Waals surface area contributed by atoms with Crippen molar-refractivity contribution in [3.8, 4) is 11.3 Å². The molecule has 0 spiro atoms. The van der Waals surface area contributed by atoms with E-state index in [4.69, 9.17) is 5.11 Å². The van der Waals surface area contributed by atoms with E-state index in [0.29, 0.717) is 11.3 Å². The zero-order chi connectivity index (χ0) is 17.3. The largest absolute Gasteiger partial charge is 0.480 e. The van der Waals surface area contributed by atoms with Crippen LogP contribution in [0.1, 0.15) is 34.5 Å². The lowest BCUT2D eigenvalue weighted by Gasteiger charge is -2.18. The molecule has 0 amide bonds. The van der Waals surface area contributed by atoms with E-state index in [9.17, 15) is 19.5 Å². The number of hydrogen-bond donors (Lipinski definition) is 2. The average molecular weight is 315 g/mol. The van der Waals surface area contributed by atoms with E-state index in [1.807, 2.05) is 26.0 Å². The summed E-state index contributed by atoms with van der Waals surface area (Å²) in [4.78, 5) is 34.9. The van der Waals surface area contributed by atoms with Crippen molar-refractivity contribution in [3.63, 3.8) is 0 Å². The number of carbonyl (C=O) groups is 2. The molecule has 0 radical (unpaired) electrons. The number of aromatic nitrogens is 1. The number of aryl methyl sites for hydroxylation is 2. The molecule has 0 saturated carbocycles. The van der Waals surface area contributed by atoms with Crippen LogP contribution in [0.25, 0.3) is 11.3 Å². The Morgan fingerprint density at radius 3 is 2.22 bits per heavy atom. The van der Waals surface area contributed by atoms with Crippen LogP contribution in [0, 0.1) is 13.8 Å². The highest BCUT2D eigenvalue weighted by Gasteiger charge is 2.22. The van der Waals surface area contributed by atoms with Crippen molar-refractivity contribution >= 4 is 11.9 Å². The molecule has 6 nitrogen and oxygen atoms in total. The molecule has 23 heavy (non-hydrogen) atoms. The van der Waals surface area contributed by atoms with Crippen molar-refractivity contribution in [2.45, 2.75) is 26.8 Å². The summed E-state index contributed by atoms with van der Waals surface area (Å²) in [6.07, 6.45) is 0.